The molecule has 0 unspecified atom stereocenters. The fourth-order valence-electron chi connectivity index (χ4n) is 5.25. The van der Waals surface area contributed by atoms with Crippen molar-refractivity contribution in [3.63, 3.8) is 0 Å². The summed E-state index contributed by atoms with van der Waals surface area (Å²) in [6.07, 6.45) is 5.81. The molecule has 2 aliphatic rings. The molecule has 4 aromatic carbocycles. The van der Waals surface area contributed by atoms with Crippen molar-refractivity contribution in [2.24, 2.45) is 5.92 Å². The van der Waals surface area contributed by atoms with E-state index < -0.39 is 0 Å². The Kier molecular flexibility index (Phi) is 3.54. The van der Waals surface area contributed by atoms with Crippen LogP contribution in [-0.2, 0) is 0 Å². The van der Waals surface area contributed by atoms with E-state index in [1.54, 1.807) is 0 Å². The van der Waals surface area contributed by atoms with Gasteiger partial charge in [0, 0.05) is 5.92 Å². The summed E-state index contributed by atoms with van der Waals surface area (Å²) in [5.41, 5.74) is 3.82. The Morgan fingerprint density at radius 1 is 0.821 bits per heavy atom. The van der Waals surface area contributed by atoms with E-state index in [-0.39, 0.29) is 6.04 Å². The molecular weight excluding hydrogens is 362 g/mol. The quantitative estimate of drug-likeness (QED) is 0.266. The second-order valence-corrected chi connectivity index (χ2v) is 8.32. The molecule has 1 nitrogen and oxygen atoms in total. The van der Waals surface area contributed by atoms with Gasteiger partial charge in [-0.2, -0.15) is 0 Å². The molecule has 2 heteroatoms. The van der Waals surface area contributed by atoms with Gasteiger partial charge in [0.1, 0.15) is 0 Å². The van der Waals surface area contributed by atoms with Crippen molar-refractivity contribution in [3.05, 3.63) is 101 Å². The molecular formula is C26H20ClN. The van der Waals surface area contributed by atoms with Crippen LogP contribution in [0.25, 0.3) is 21.5 Å². The van der Waals surface area contributed by atoms with Gasteiger partial charge in [0.2, 0.25) is 0 Å². The van der Waals surface area contributed by atoms with Crippen molar-refractivity contribution in [2.45, 2.75) is 18.4 Å². The molecule has 0 aromatic heterocycles. The SMILES string of the molecule is Clc1cccc2c1N[C@@H](c1c3ccccc3cc3ccccc13)[C@H]1CC=C[C@@H]21. The molecule has 28 heavy (non-hydrogen) atoms. The van der Waals surface area contributed by atoms with Crippen LogP contribution in [0.1, 0.15) is 29.5 Å². The van der Waals surface area contributed by atoms with E-state index >= 15 is 0 Å². The Labute approximate surface area is 169 Å². The molecule has 0 saturated carbocycles. The molecule has 1 aliphatic heterocycles. The fraction of sp³-hybridized carbons (Fsp3) is 0.154. The molecule has 0 bridgehead atoms. The van der Waals surface area contributed by atoms with Gasteiger partial charge in [-0.05, 0) is 57.1 Å². The van der Waals surface area contributed by atoms with Crippen molar-refractivity contribution in [3.8, 4) is 0 Å². The van der Waals surface area contributed by atoms with E-state index in [2.05, 4.69) is 84.2 Å². The van der Waals surface area contributed by atoms with Crippen LogP contribution < -0.4 is 5.32 Å². The molecule has 4 aromatic rings. The number of benzene rings is 4. The third kappa shape index (κ3) is 2.26. The first-order chi connectivity index (χ1) is 13.8. The predicted molar refractivity (Wildman–Crippen MR) is 119 cm³/mol. The maximum atomic E-state index is 6.64. The molecule has 3 atom stereocenters. The highest BCUT2D eigenvalue weighted by Gasteiger charge is 2.39. The van der Waals surface area contributed by atoms with Gasteiger partial charge in [-0.1, -0.05) is 84.4 Å². The molecule has 0 fully saturated rings. The van der Waals surface area contributed by atoms with Gasteiger partial charge in [-0.3, -0.25) is 0 Å². The second kappa shape index (κ2) is 6.12. The van der Waals surface area contributed by atoms with E-state index in [0.717, 1.165) is 17.1 Å². The fourth-order valence-corrected chi connectivity index (χ4v) is 5.49. The first kappa shape index (κ1) is 16.2. The summed E-state index contributed by atoms with van der Waals surface area (Å²) in [6.45, 7) is 0. The van der Waals surface area contributed by atoms with Crippen LogP contribution in [0.5, 0.6) is 0 Å². The number of fused-ring (bicyclic) bond motifs is 5. The van der Waals surface area contributed by atoms with Crippen LogP contribution >= 0.6 is 11.6 Å². The van der Waals surface area contributed by atoms with E-state index in [1.807, 2.05) is 6.07 Å². The Morgan fingerprint density at radius 3 is 2.29 bits per heavy atom. The minimum atomic E-state index is 0.225. The largest absolute Gasteiger partial charge is 0.376 e. The average Bonchev–Trinajstić information content (AvgIpc) is 3.22. The van der Waals surface area contributed by atoms with Crippen LogP contribution in [0, 0.1) is 5.92 Å². The highest BCUT2D eigenvalue weighted by atomic mass is 35.5. The van der Waals surface area contributed by atoms with E-state index in [1.165, 1.54) is 32.7 Å². The molecule has 136 valence electrons. The Hall–Kier alpha value is -2.77. The lowest BCUT2D eigenvalue weighted by atomic mass is 9.75. The van der Waals surface area contributed by atoms with Crippen molar-refractivity contribution in [1.82, 2.24) is 0 Å². The number of para-hydroxylation sites is 1. The van der Waals surface area contributed by atoms with Gasteiger partial charge in [0.05, 0.1) is 16.8 Å². The average molecular weight is 382 g/mol. The summed E-state index contributed by atoms with van der Waals surface area (Å²) in [4.78, 5) is 0. The maximum absolute atomic E-state index is 6.64. The van der Waals surface area contributed by atoms with Gasteiger partial charge >= 0.3 is 0 Å². The highest BCUT2D eigenvalue weighted by Crippen LogP contribution is 2.53. The van der Waals surface area contributed by atoms with Crippen LogP contribution in [0.3, 0.4) is 0 Å². The predicted octanol–water partition coefficient (Wildman–Crippen LogP) is 7.47. The molecule has 0 amide bonds. The zero-order valence-corrected chi connectivity index (χ0v) is 16.2. The van der Waals surface area contributed by atoms with Crippen molar-refractivity contribution in [1.29, 1.82) is 0 Å². The van der Waals surface area contributed by atoms with Crippen LogP contribution in [-0.4, -0.2) is 0 Å². The number of halogens is 1. The number of allylic oxidation sites excluding steroid dienone is 2. The number of nitrogens with one attached hydrogen (secondary N) is 1. The van der Waals surface area contributed by atoms with Crippen molar-refractivity contribution >= 4 is 38.8 Å². The van der Waals surface area contributed by atoms with Gasteiger partial charge in [0.15, 0.2) is 0 Å². The minimum absolute atomic E-state index is 0.225. The number of anilines is 1. The van der Waals surface area contributed by atoms with Gasteiger partial charge < -0.3 is 5.32 Å². The number of hydrogen-bond donors (Lipinski definition) is 1. The Morgan fingerprint density at radius 2 is 1.54 bits per heavy atom. The van der Waals surface area contributed by atoms with E-state index in [0.29, 0.717) is 11.8 Å². The molecule has 0 radical (unpaired) electrons. The molecule has 0 spiro atoms. The van der Waals surface area contributed by atoms with Crippen LogP contribution in [0.4, 0.5) is 5.69 Å². The van der Waals surface area contributed by atoms with Crippen LogP contribution in [0.15, 0.2) is 84.9 Å². The zero-order chi connectivity index (χ0) is 18.7. The maximum Gasteiger partial charge on any atom is 0.0640 e. The molecule has 1 N–H and O–H groups in total. The van der Waals surface area contributed by atoms with Crippen molar-refractivity contribution in [2.75, 3.05) is 5.32 Å². The summed E-state index contributed by atoms with van der Waals surface area (Å²) < 4.78 is 0. The van der Waals surface area contributed by atoms with Gasteiger partial charge in [0.25, 0.3) is 0 Å². The highest BCUT2D eigenvalue weighted by molar-refractivity contribution is 6.33. The molecule has 6 rings (SSSR count). The van der Waals surface area contributed by atoms with Crippen molar-refractivity contribution < 1.29 is 0 Å². The van der Waals surface area contributed by atoms with Gasteiger partial charge in [-0.25, -0.2) is 0 Å². The van der Waals surface area contributed by atoms with E-state index in [9.17, 15) is 0 Å². The third-order valence-electron chi connectivity index (χ3n) is 6.47. The molecule has 1 heterocycles. The summed E-state index contributed by atoms with van der Waals surface area (Å²) in [5.74, 6) is 0.915. The van der Waals surface area contributed by atoms with E-state index in [4.69, 9.17) is 11.6 Å². The lowest BCUT2D eigenvalue weighted by molar-refractivity contribution is 0.429. The second-order valence-electron chi connectivity index (χ2n) is 7.91. The zero-order valence-electron chi connectivity index (χ0n) is 15.4. The normalized spacial score (nSPS) is 22.8. The third-order valence-corrected chi connectivity index (χ3v) is 6.78. The lowest BCUT2D eigenvalue weighted by Crippen LogP contribution is -2.29. The lowest BCUT2D eigenvalue weighted by Gasteiger charge is -2.39. The first-order valence-corrected chi connectivity index (χ1v) is 10.3. The Bertz CT molecular complexity index is 1200. The number of hydrogen-bond acceptors (Lipinski definition) is 1. The summed E-state index contributed by atoms with van der Waals surface area (Å²) >= 11 is 6.64. The monoisotopic (exact) mass is 381 g/mol. The number of rotatable bonds is 1. The van der Waals surface area contributed by atoms with Gasteiger partial charge in [-0.15, -0.1) is 0 Å². The van der Waals surface area contributed by atoms with Crippen LogP contribution in [0.2, 0.25) is 5.02 Å². The summed E-state index contributed by atoms with van der Waals surface area (Å²) in [6, 6.07) is 26.3. The topological polar surface area (TPSA) is 12.0 Å². The molecule has 0 saturated heterocycles. The molecule has 1 aliphatic carbocycles. The Balaban J connectivity index is 1.66. The summed E-state index contributed by atoms with van der Waals surface area (Å²) in [5, 5.41) is 9.94. The smallest absolute Gasteiger partial charge is 0.0640 e. The summed E-state index contributed by atoms with van der Waals surface area (Å²) in [7, 11) is 0. The minimum Gasteiger partial charge on any atom is -0.376 e. The standard InChI is InChI=1S/C26H20ClN/c27-23-14-6-13-21-20-11-5-12-22(20)26(28-25(21)23)24-18-9-3-1-7-16(18)15-17-8-2-4-10-19(17)24/h1-11,13-15,20,22,26,28H,12H2/t20-,22-,26+/m0/s1. The first-order valence-electron chi connectivity index (χ1n) is 9.93.